The number of rotatable bonds is 3. The van der Waals surface area contributed by atoms with Crippen molar-refractivity contribution in [3.05, 3.63) is 29.8 Å². The number of nitrogens with one attached hydrogen (secondary N) is 2. The molecule has 2 fully saturated rings. The molecule has 1 aliphatic carbocycles. The first-order valence-corrected chi connectivity index (χ1v) is 8.82. The minimum atomic E-state index is -3.40. The van der Waals surface area contributed by atoms with Gasteiger partial charge in [0.15, 0.2) is 0 Å². The fourth-order valence-corrected chi connectivity index (χ4v) is 4.90. The molecule has 1 aromatic carbocycles. The minimum Gasteiger partial charge on any atom is -0.311 e. The SMILES string of the molecule is Cc1ccccc1S(=O)(=O)NC1CCNC2(CCC2)C1. The van der Waals surface area contributed by atoms with Crippen molar-refractivity contribution >= 4 is 10.0 Å². The van der Waals surface area contributed by atoms with Gasteiger partial charge in [-0.1, -0.05) is 18.2 Å². The van der Waals surface area contributed by atoms with E-state index in [1.807, 2.05) is 19.1 Å². The summed E-state index contributed by atoms with van der Waals surface area (Å²) < 4.78 is 27.9. The fourth-order valence-electron chi connectivity index (χ4n) is 3.38. The average molecular weight is 294 g/mol. The Hall–Kier alpha value is -0.910. The number of hydrogen-bond donors (Lipinski definition) is 2. The van der Waals surface area contributed by atoms with Crippen molar-refractivity contribution in [2.24, 2.45) is 0 Å². The van der Waals surface area contributed by atoms with Crippen LogP contribution in [0.15, 0.2) is 29.2 Å². The molecule has 4 nitrogen and oxygen atoms in total. The molecule has 20 heavy (non-hydrogen) atoms. The Kier molecular flexibility index (Phi) is 3.60. The minimum absolute atomic E-state index is 0.0566. The van der Waals surface area contributed by atoms with Crippen LogP contribution in [0.4, 0.5) is 0 Å². The number of hydrogen-bond acceptors (Lipinski definition) is 3. The first-order valence-electron chi connectivity index (χ1n) is 7.34. The zero-order valence-corrected chi connectivity index (χ0v) is 12.7. The van der Waals surface area contributed by atoms with Gasteiger partial charge in [0.25, 0.3) is 0 Å². The third kappa shape index (κ3) is 2.62. The van der Waals surface area contributed by atoms with Crippen molar-refractivity contribution in [2.75, 3.05) is 6.54 Å². The Morgan fingerprint density at radius 1 is 1.30 bits per heavy atom. The molecule has 5 heteroatoms. The van der Waals surface area contributed by atoms with Crippen molar-refractivity contribution in [3.8, 4) is 0 Å². The largest absolute Gasteiger partial charge is 0.311 e. The molecule has 2 aliphatic rings. The molecule has 3 rings (SSSR count). The summed E-state index contributed by atoms with van der Waals surface area (Å²) in [5.41, 5.74) is 1.00. The second-order valence-corrected chi connectivity index (χ2v) is 7.82. The average Bonchev–Trinajstić information content (AvgIpc) is 2.37. The van der Waals surface area contributed by atoms with E-state index in [-0.39, 0.29) is 11.6 Å². The van der Waals surface area contributed by atoms with E-state index in [0.717, 1.165) is 24.9 Å². The molecule has 2 N–H and O–H groups in total. The van der Waals surface area contributed by atoms with Gasteiger partial charge in [0, 0.05) is 11.6 Å². The normalized spacial score (nSPS) is 25.4. The van der Waals surface area contributed by atoms with Crippen LogP contribution in [-0.2, 0) is 10.0 Å². The summed E-state index contributed by atoms with van der Waals surface area (Å²) >= 11 is 0. The van der Waals surface area contributed by atoms with E-state index in [1.54, 1.807) is 12.1 Å². The van der Waals surface area contributed by atoms with Gasteiger partial charge in [0.05, 0.1) is 4.90 Å². The molecule has 0 amide bonds. The molecule has 1 atom stereocenters. The maximum atomic E-state index is 12.5. The van der Waals surface area contributed by atoms with Crippen LogP contribution in [0.1, 0.15) is 37.7 Å². The number of aryl methyl sites for hydroxylation is 1. The smallest absolute Gasteiger partial charge is 0.241 e. The Morgan fingerprint density at radius 3 is 2.70 bits per heavy atom. The summed E-state index contributed by atoms with van der Waals surface area (Å²) in [6.45, 7) is 2.74. The van der Waals surface area contributed by atoms with E-state index in [2.05, 4.69) is 10.0 Å². The van der Waals surface area contributed by atoms with Crippen LogP contribution in [-0.4, -0.2) is 26.5 Å². The quantitative estimate of drug-likeness (QED) is 0.896. The Morgan fingerprint density at radius 2 is 2.05 bits per heavy atom. The third-order valence-corrected chi connectivity index (χ3v) is 6.33. The molecular weight excluding hydrogens is 272 g/mol. The second-order valence-electron chi connectivity index (χ2n) is 6.14. The highest BCUT2D eigenvalue weighted by Crippen LogP contribution is 2.38. The molecule has 1 aliphatic heterocycles. The standard InChI is InChI=1S/C15H22N2O2S/c1-12-5-2-3-6-14(12)20(18,19)17-13-7-10-16-15(11-13)8-4-9-15/h2-3,5-6,13,16-17H,4,7-11H2,1H3. The Bertz CT molecular complexity index is 594. The van der Waals surface area contributed by atoms with Gasteiger partial charge in [-0.05, 0) is 57.2 Å². The molecule has 1 saturated heterocycles. The highest BCUT2D eigenvalue weighted by molar-refractivity contribution is 7.89. The molecule has 0 bridgehead atoms. The van der Waals surface area contributed by atoms with E-state index >= 15 is 0 Å². The fraction of sp³-hybridized carbons (Fsp3) is 0.600. The summed E-state index contributed by atoms with van der Waals surface area (Å²) in [4.78, 5) is 0.404. The predicted molar refractivity (Wildman–Crippen MR) is 79.1 cm³/mol. The van der Waals surface area contributed by atoms with Gasteiger partial charge in [-0.3, -0.25) is 0 Å². The maximum Gasteiger partial charge on any atom is 0.241 e. The van der Waals surface area contributed by atoms with Gasteiger partial charge < -0.3 is 5.32 Å². The van der Waals surface area contributed by atoms with Crippen molar-refractivity contribution < 1.29 is 8.42 Å². The van der Waals surface area contributed by atoms with Crippen LogP contribution in [0.3, 0.4) is 0 Å². The number of sulfonamides is 1. The Labute approximate surface area is 121 Å². The van der Waals surface area contributed by atoms with E-state index in [4.69, 9.17) is 0 Å². The topological polar surface area (TPSA) is 58.2 Å². The Balaban J connectivity index is 1.75. The zero-order valence-electron chi connectivity index (χ0n) is 11.9. The lowest BCUT2D eigenvalue weighted by molar-refractivity contribution is 0.126. The summed E-state index contributed by atoms with van der Waals surface area (Å²) in [5.74, 6) is 0. The lowest BCUT2D eigenvalue weighted by Gasteiger charge is -2.48. The monoisotopic (exact) mass is 294 g/mol. The van der Waals surface area contributed by atoms with Crippen LogP contribution in [0.2, 0.25) is 0 Å². The molecule has 1 unspecified atom stereocenters. The first-order chi connectivity index (χ1) is 9.51. The highest BCUT2D eigenvalue weighted by atomic mass is 32.2. The number of piperidine rings is 1. The molecule has 1 saturated carbocycles. The lowest BCUT2D eigenvalue weighted by Crippen LogP contribution is -2.59. The molecule has 0 aromatic heterocycles. The van der Waals surface area contributed by atoms with Crippen molar-refractivity contribution in [1.29, 1.82) is 0 Å². The molecular formula is C15H22N2O2S. The summed E-state index contributed by atoms with van der Waals surface area (Å²) in [6, 6.07) is 7.21. The molecule has 1 heterocycles. The molecule has 110 valence electrons. The van der Waals surface area contributed by atoms with Gasteiger partial charge in [0.2, 0.25) is 10.0 Å². The van der Waals surface area contributed by atoms with Crippen LogP contribution >= 0.6 is 0 Å². The summed E-state index contributed by atoms with van der Waals surface area (Å²) in [5, 5.41) is 3.56. The molecule has 0 radical (unpaired) electrons. The maximum absolute atomic E-state index is 12.5. The summed E-state index contributed by atoms with van der Waals surface area (Å²) in [6.07, 6.45) is 5.39. The molecule has 1 spiro atoms. The second kappa shape index (κ2) is 5.13. The van der Waals surface area contributed by atoms with Gasteiger partial charge in [-0.2, -0.15) is 0 Å². The lowest BCUT2D eigenvalue weighted by atomic mass is 9.70. The predicted octanol–water partition coefficient (Wildman–Crippen LogP) is 1.95. The van der Waals surface area contributed by atoms with Crippen LogP contribution in [0.5, 0.6) is 0 Å². The van der Waals surface area contributed by atoms with Gasteiger partial charge in [-0.15, -0.1) is 0 Å². The van der Waals surface area contributed by atoms with Crippen LogP contribution in [0, 0.1) is 6.92 Å². The van der Waals surface area contributed by atoms with Crippen molar-refractivity contribution in [1.82, 2.24) is 10.0 Å². The summed E-state index contributed by atoms with van der Waals surface area (Å²) in [7, 11) is -3.40. The first kappa shape index (κ1) is 14.0. The van der Waals surface area contributed by atoms with Gasteiger partial charge >= 0.3 is 0 Å². The highest BCUT2D eigenvalue weighted by Gasteiger charge is 2.41. The van der Waals surface area contributed by atoms with Gasteiger partial charge in [0.1, 0.15) is 0 Å². The third-order valence-electron chi connectivity index (χ3n) is 4.65. The van der Waals surface area contributed by atoms with Crippen molar-refractivity contribution in [3.63, 3.8) is 0 Å². The van der Waals surface area contributed by atoms with E-state index in [1.165, 1.54) is 19.3 Å². The van der Waals surface area contributed by atoms with E-state index in [9.17, 15) is 8.42 Å². The van der Waals surface area contributed by atoms with Crippen LogP contribution in [0.25, 0.3) is 0 Å². The van der Waals surface area contributed by atoms with E-state index in [0.29, 0.717) is 4.90 Å². The van der Waals surface area contributed by atoms with Crippen LogP contribution < -0.4 is 10.0 Å². The molecule has 1 aromatic rings. The van der Waals surface area contributed by atoms with Gasteiger partial charge in [-0.25, -0.2) is 13.1 Å². The number of benzene rings is 1. The zero-order chi connectivity index (χ0) is 14.2. The van der Waals surface area contributed by atoms with Crippen molar-refractivity contribution in [2.45, 2.75) is 55.5 Å². The van der Waals surface area contributed by atoms with E-state index < -0.39 is 10.0 Å².